The summed E-state index contributed by atoms with van der Waals surface area (Å²) in [6.07, 6.45) is 1.85. The Labute approximate surface area is 114 Å². The zero-order chi connectivity index (χ0) is 14.0. The third-order valence-electron chi connectivity index (χ3n) is 3.73. The van der Waals surface area contributed by atoms with Crippen LogP contribution in [0.3, 0.4) is 0 Å². The molecule has 1 aromatic rings. The second-order valence-electron chi connectivity index (χ2n) is 5.34. The summed E-state index contributed by atoms with van der Waals surface area (Å²) in [5.74, 6) is 1.97. The molecule has 1 aliphatic heterocycles. The average molecular weight is 259 g/mol. The molecule has 1 fully saturated rings. The van der Waals surface area contributed by atoms with E-state index in [0.29, 0.717) is 0 Å². The molecule has 0 unspecified atom stereocenters. The van der Waals surface area contributed by atoms with Gasteiger partial charge in [0.2, 0.25) is 5.95 Å². The van der Waals surface area contributed by atoms with E-state index < -0.39 is 0 Å². The van der Waals surface area contributed by atoms with E-state index in [4.69, 9.17) is 5.26 Å². The van der Waals surface area contributed by atoms with E-state index in [1.807, 2.05) is 25.9 Å². The van der Waals surface area contributed by atoms with Crippen molar-refractivity contribution in [1.82, 2.24) is 9.97 Å². The molecule has 0 bridgehead atoms. The van der Waals surface area contributed by atoms with Gasteiger partial charge in [0.05, 0.1) is 6.07 Å². The quantitative estimate of drug-likeness (QED) is 0.812. The highest BCUT2D eigenvalue weighted by Crippen LogP contribution is 2.26. The van der Waals surface area contributed by atoms with Gasteiger partial charge in [0.15, 0.2) is 0 Å². The molecule has 0 spiro atoms. The van der Waals surface area contributed by atoms with Crippen molar-refractivity contribution in [3.05, 3.63) is 11.3 Å². The van der Waals surface area contributed by atoms with Crippen molar-refractivity contribution in [2.45, 2.75) is 26.7 Å². The molecule has 2 rings (SSSR count). The van der Waals surface area contributed by atoms with E-state index in [2.05, 4.69) is 27.9 Å². The zero-order valence-electron chi connectivity index (χ0n) is 12.1. The van der Waals surface area contributed by atoms with Crippen LogP contribution >= 0.6 is 0 Å². The number of nitrogens with zero attached hydrogens (tertiary/aromatic N) is 5. The third-order valence-corrected chi connectivity index (χ3v) is 3.73. The molecular weight excluding hydrogens is 238 g/mol. The summed E-state index contributed by atoms with van der Waals surface area (Å²) in [5, 5.41) is 8.96. The van der Waals surface area contributed by atoms with Crippen LogP contribution in [-0.2, 0) is 0 Å². The fraction of sp³-hybridized carbons (Fsp3) is 0.643. The summed E-state index contributed by atoms with van der Waals surface area (Å²) in [5.41, 5.74) is 2.16. The summed E-state index contributed by atoms with van der Waals surface area (Å²) in [7, 11) is 3.91. The molecule has 0 aliphatic carbocycles. The standard InChI is InChI=1S/C14H21N5/c1-10-11(2)16-14(18(3)4)17-13(10)19-7-5-12(9-15)6-8-19/h12H,5-8H2,1-4H3. The highest BCUT2D eigenvalue weighted by Gasteiger charge is 2.22. The van der Waals surface area contributed by atoms with Gasteiger partial charge in [-0.15, -0.1) is 0 Å². The summed E-state index contributed by atoms with van der Waals surface area (Å²) >= 11 is 0. The van der Waals surface area contributed by atoms with Gasteiger partial charge in [0.25, 0.3) is 0 Å². The maximum absolute atomic E-state index is 8.96. The lowest BCUT2D eigenvalue weighted by Gasteiger charge is -2.32. The molecule has 1 aliphatic rings. The van der Waals surface area contributed by atoms with Crippen molar-refractivity contribution in [2.24, 2.45) is 5.92 Å². The highest BCUT2D eigenvalue weighted by atomic mass is 15.3. The molecule has 0 atom stereocenters. The van der Waals surface area contributed by atoms with Crippen LogP contribution in [0, 0.1) is 31.1 Å². The molecule has 2 heterocycles. The zero-order valence-corrected chi connectivity index (χ0v) is 12.1. The Morgan fingerprint density at radius 3 is 2.37 bits per heavy atom. The Morgan fingerprint density at radius 1 is 1.21 bits per heavy atom. The van der Waals surface area contributed by atoms with Gasteiger partial charge in [-0.1, -0.05) is 0 Å². The van der Waals surface area contributed by atoms with Crippen LogP contribution in [0.4, 0.5) is 11.8 Å². The monoisotopic (exact) mass is 259 g/mol. The van der Waals surface area contributed by atoms with Gasteiger partial charge >= 0.3 is 0 Å². The molecule has 5 nitrogen and oxygen atoms in total. The van der Waals surface area contributed by atoms with Gasteiger partial charge in [-0.3, -0.25) is 0 Å². The van der Waals surface area contributed by atoms with Crippen molar-refractivity contribution in [3.63, 3.8) is 0 Å². The van der Waals surface area contributed by atoms with Crippen LogP contribution in [0.25, 0.3) is 0 Å². The van der Waals surface area contributed by atoms with Crippen molar-refractivity contribution in [2.75, 3.05) is 37.0 Å². The largest absolute Gasteiger partial charge is 0.356 e. The van der Waals surface area contributed by atoms with E-state index in [0.717, 1.165) is 49.0 Å². The Kier molecular flexibility index (Phi) is 3.89. The summed E-state index contributed by atoms with van der Waals surface area (Å²) in [4.78, 5) is 13.4. The number of hydrogen-bond acceptors (Lipinski definition) is 5. The molecule has 0 saturated carbocycles. The lowest BCUT2D eigenvalue weighted by atomic mass is 9.98. The second-order valence-corrected chi connectivity index (χ2v) is 5.34. The summed E-state index contributed by atoms with van der Waals surface area (Å²) < 4.78 is 0. The van der Waals surface area contributed by atoms with Gasteiger partial charge in [-0.05, 0) is 26.7 Å². The summed E-state index contributed by atoms with van der Waals surface area (Å²) in [6.45, 7) is 5.90. The van der Waals surface area contributed by atoms with E-state index >= 15 is 0 Å². The van der Waals surface area contributed by atoms with Crippen molar-refractivity contribution in [3.8, 4) is 6.07 Å². The van der Waals surface area contributed by atoms with Gasteiger partial charge in [-0.2, -0.15) is 10.2 Å². The van der Waals surface area contributed by atoms with E-state index in [-0.39, 0.29) is 5.92 Å². The molecular formula is C14H21N5. The summed E-state index contributed by atoms with van der Waals surface area (Å²) in [6, 6.07) is 2.36. The van der Waals surface area contributed by atoms with Crippen molar-refractivity contribution >= 4 is 11.8 Å². The first-order valence-corrected chi connectivity index (χ1v) is 6.70. The maximum Gasteiger partial charge on any atom is 0.227 e. The molecule has 0 aromatic carbocycles. The smallest absolute Gasteiger partial charge is 0.227 e. The van der Waals surface area contributed by atoms with E-state index in [1.54, 1.807) is 0 Å². The van der Waals surface area contributed by atoms with Crippen LogP contribution in [0.5, 0.6) is 0 Å². The number of aromatic nitrogens is 2. The van der Waals surface area contributed by atoms with Crippen LogP contribution in [0.2, 0.25) is 0 Å². The molecule has 0 radical (unpaired) electrons. The Balaban J connectivity index is 2.27. The first kappa shape index (κ1) is 13.6. The number of anilines is 2. The SMILES string of the molecule is Cc1nc(N(C)C)nc(N2CCC(C#N)CC2)c1C. The molecule has 5 heteroatoms. The topological polar surface area (TPSA) is 56.1 Å². The van der Waals surface area contributed by atoms with Crippen LogP contribution < -0.4 is 9.80 Å². The fourth-order valence-electron chi connectivity index (χ4n) is 2.33. The number of aryl methyl sites for hydroxylation is 1. The first-order chi connectivity index (χ1) is 9.02. The Hall–Kier alpha value is -1.83. The second kappa shape index (κ2) is 5.43. The molecule has 19 heavy (non-hydrogen) atoms. The van der Waals surface area contributed by atoms with E-state index in [1.165, 1.54) is 0 Å². The number of rotatable bonds is 2. The lowest BCUT2D eigenvalue weighted by Crippen LogP contribution is -2.35. The number of nitriles is 1. The number of piperidine rings is 1. The highest BCUT2D eigenvalue weighted by molar-refractivity contribution is 5.52. The van der Waals surface area contributed by atoms with E-state index in [9.17, 15) is 0 Å². The Bertz CT molecular complexity index is 495. The molecule has 102 valence electrons. The normalized spacial score (nSPS) is 16.3. The van der Waals surface area contributed by atoms with Crippen molar-refractivity contribution in [1.29, 1.82) is 5.26 Å². The minimum Gasteiger partial charge on any atom is -0.356 e. The lowest BCUT2D eigenvalue weighted by molar-refractivity contribution is 0.484. The van der Waals surface area contributed by atoms with Crippen LogP contribution in [-0.4, -0.2) is 37.2 Å². The van der Waals surface area contributed by atoms with Crippen LogP contribution in [0.1, 0.15) is 24.1 Å². The minimum absolute atomic E-state index is 0.202. The predicted octanol–water partition coefficient (Wildman–Crippen LogP) is 1.90. The van der Waals surface area contributed by atoms with Crippen LogP contribution in [0.15, 0.2) is 0 Å². The molecule has 1 aromatic heterocycles. The maximum atomic E-state index is 8.96. The van der Waals surface area contributed by atoms with Gasteiger partial charge in [-0.25, -0.2) is 4.98 Å². The first-order valence-electron chi connectivity index (χ1n) is 6.70. The van der Waals surface area contributed by atoms with Gasteiger partial charge < -0.3 is 9.80 Å². The minimum atomic E-state index is 0.202. The third kappa shape index (κ3) is 2.78. The van der Waals surface area contributed by atoms with Crippen molar-refractivity contribution < 1.29 is 0 Å². The average Bonchev–Trinajstić information content (AvgIpc) is 2.41. The molecule has 0 N–H and O–H groups in total. The number of hydrogen-bond donors (Lipinski definition) is 0. The van der Waals surface area contributed by atoms with Gasteiger partial charge in [0, 0.05) is 44.4 Å². The molecule has 0 amide bonds. The molecule has 1 saturated heterocycles. The predicted molar refractivity (Wildman–Crippen MR) is 76.4 cm³/mol. The van der Waals surface area contributed by atoms with Gasteiger partial charge in [0.1, 0.15) is 5.82 Å². The Morgan fingerprint density at radius 2 is 1.84 bits per heavy atom. The fourth-order valence-corrected chi connectivity index (χ4v) is 2.33.